The summed E-state index contributed by atoms with van der Waals surface area (Å²) in [4.78, 5) is 4.87. The Labute approximate surface area is 748 Å². The van der Waals surface area contributed by atoms with Gasteiger partial charge in [-0.05, 0) is 216 Å². The van der Waals surface area contributed by atoms with Crippen molar-refractivity contribution in [1.29, 1.82) is 0 Å². The van der Waals surface area contributed by atoms with Gasteiger partial charge in [0, 0.05) is 105 Å². The first-order valence-corrected chi connectivity index (χ1v) is 43.3. The number of fused-ring (bicyclic) bond motifs is 16. The van der Waals surface area contributed by atoms with Crippen molar-refractivity contribution in [2.45, 2.75) is 105 Å². The van der Waals surface area contributed by atoms with Gasteiger partial charge in [-0.15, -0.1) is 0 Å². The highest BCUT2D eigenvalue weighted by Gasteiger charge is 2.47. The minimum atomic E-state index is -0.739. The predicted octanol–water partition coefficient (Wildman–Crippen LogP) is 30.0. The lowest BCUT2D eigenvalue weighted by Crippen LogP contribution is -2.61. The van der Waals surface area contributed by atoms with Crippen LogP contribution in [0.1, 0.15) is 122 Å². The molecular weight excluding hydrogens is 1510 g/mol. The first kappa shape index (κ1) is 63.5. The Kier molecular flexibility index (Phi) is 14.3. The van der Waals surface area contributed by atoms with E-state index in [0.29, 0.717) is 39.0 Å². The fourth-order valence-corrected chi connectivity index (χ4v) is 20.0. The number of para-hydroxylation sites is 5. The molecule has 0 aliphatic carbocycles. The lowest BCUT2D eigenvalue weighted by molar-refractivity contribution is 0.590. The highest BCUT2D eigenvalue weighted by Crippen LogP contribution is 2.57. The van der Waals surface area contributed by atoms with Gasteiger partial charge in [0.15, 0.2) is 0 Å². The Morgan fingerprint density at radius 3 is 0.888 bits per heavy atom. The Hall–Kier alpha value is -14.4. The lowest BCUT2D eigenvalue weighted by atomic mass is 9.33. The summed E-state index contributed by atoms with van der Waals surface area (Å²) in [6.45, 7) is 26.3. The van der Waals surface area contributed by atoms with Gasteiger partial charge in [0.25, 0.3) is 6.71 Å². The van der Waals surface area contributed by atoms with Crippen LogP contribution in [0.25, 0.3) is 154 Å². The SMILES string of the molecule is [2H]c1c([2H])c([2H])c2c(c1[2H])c1cc(-n3c4ccccc4c4ccccc43)ccc1n2-c1cc2c3c(c1)N(c1c(-c4ccccc4)cc(C(C)(C)C)cc1-c1ccccc1)c1cc(-n4c5c([2H])c([2H])c([2H])c([2H])c5c5c([2H])c([2H])c([2H])c([2H])c54)ccc1B3c1ccc(-n3c4ccc(C(C)(C)C)cc4c4cc(C(C)(C)C)ccc43)cc1N2c1c(-c2ccccc2)cc(C(C)(C)C)cc1-c1ccccc1. The van der Waals surface area contributed by atoms with Crippen molar-refractivity contribution in [2.24, 2.45) is 0 Å². The van der Waals surface area contributed by atoms with E-state index in [1.807, 2.05) is 36.4 Å². The number of nitrogens with zero attached hydrogens (tertiary/aromatic N) is 6. The largest absolute Gasteiger partial charge is 0.310 e. The summed E-state index contributed by atoms with van der Waals surface area (Å²) >= 11 is 0. The van der Waals surface area contributed by atoms with Gasteiger partial charge in [-0.1, -0.05) is 319 Å². The third-order valence-electron chi connectivity index (χ3n) is 26.3. The quantitative estimate of drug-likeness (QED) is 0.128. The number of anilines is 6. The molecule has 23 rings (SSSR count). The van der Waals surface area contributed by atoms with Crippen LogP contribution in [0.15, 0.2) is 370 Å². The van der Waals surface area contributed by atoms with Gasteiger partial charge >= 0.3 is 0 Å². The summed E-state index contributed by atoms with van der Waals surface area (Å²) in [6, 6.07) is 101. The standard InChI is InChI=1S/C118H97BN6/c1-115(2,3)78-53-60-105-95(63-78)96-64-79(116(4,5)6)54-61-106(96)122(105)84-56-59-99-109(71-84)125(114-93(76-39-21-15-22-40-76)67-81(118(10,11)12)68-94(114)77-41-23-16-24-42-77)111-73-85(123-104-52-34-29-47-90(104)97-69-82(57-62-107(97)123)120-100-48-30-25-43-86(100)87-44-26-31-49-101(87)120)72-110-112(111)119(99)98-58-55-83(121-102-50-32-27-45-88(102)89-46-28-33-51-103(89)121)70-108(98)124(110)113-91(74-35-17-13-18-36-74)65-80(117(7,8)9)66-92(113)75-37-19-14-20-38-75/h13-73H,1-12H3/i27D,28D,29D,32D,33D,34D,45D,46D,47D,50D,51D,52D. The second-order valence-corrected chi connectivity index (χ2v) is 38.0. The zero-order valence-corrected chi connectivity index (χ0v) is 72.1. The van der Waals surface area contributed by atoms with Crippen molar-refractivity contribution in [3.63, 3.8) is 0 Å². The number of rotatable bonds is 10. The maximum Gasteiger partial charge on any atom is 0.252 e. The summed E-state index contributed by atoms with van der Waals surface area (Å²) in [5, 5.41) is 5.12. The van der Waals surface area contributed by atoms with Gasteiger partial charge in [0.05, 0.1) is 77.6 Å². The van der Waals surface area contributed by atoms with Crippen molar-refractivity contribution in [3.8, 4) is 67.3 Å². The van der Waals surface area contributed by atoms with E-state index in [1.54, 1.807) is 4.57 Å². The van der Waals surface area contributed by atoms with Crippen molar-refractivity contribution in [3.05, 3.63) is 392 Å². The minimum Gasteiger partial charge on any atom is -0.310 e. The molecule has 0 amide bonds. The van der Waals surface area contributed by atoms with Gasteiger partial charge in [-0.3, -0.25) is 0 Å². The molecule has 0 N–H and O–H groups in total. The van der Waals surface area contributed by atoms with Gasteiger partial charge in [-0.25, -0.2) is 0 Å². The van der Waals surface area contributed by atoms with Crippen molar-refractivity contribution in [2.75, 3.05) is 9.80 Å². The molecule has 7 heteroatoms. The van der Waals surface area contributed by atoms with Gasteiger partial charge < -0.3 is 28.1 Å². The molecule has 602 valence electrons. The van der Waals surface area contributed by atoms with Crippen LogP contribution < -0.4 is 26.2 Å². The normalized spacial score (nSPS) is 14.4. The molecule has 0 saturated heterocycles. The summed E-state index contributed by atoms with van der Waals surface area (Å²) in [5.41, 5.74) is 24.8. The monoisotopic (exact) mass is 1620 g/mol. The second kappa shape index (κ2) is 28.1. The summed E-state index contributed by atoms with van der Waals surface area (Å²) < 4.78 is 127. The van der Waals surface area contributed by atoms with Crippen LogP contribution in [0.5, 0.6) is 0 Å². The fourth-order valence-electron chi connectivity index (χ4n) is 20.0. The molecular formula is C118H97BN6. The van der Waals surface area contributed by atoms with E-state index in [0.717, 1.165) is 150 Å². The van der Waals surface area contributed by atoms with E-state index >= 15 is 0 Å². The van der Waals surface area contributed by atoms with Crippen LogP contribution in [0, 0.1) is 0 Å². The number of hydrogen-bond acceptors (Lipinski definition) is 2. The highest BCUT2D eigenvalue weighted by molar-refractivity contribution is 7.00. The Morgan fingerprint density at radius 1 is 0.224 bits per heavy atom. The average molecular weight is 1620 g/mol. The molecule has 0 fully saturated rings. The molecule has 125 heavy (non-hydrogen) atoms. The van der Waals surface area contributed by atoms with E-state index in [4.69, 9.17) is 0 Å². The molecule has 0 radical (unpaired) electrons. The number of aromatic nitrogens is 4. The predicted molar refractivity (Wildman–Crippen MR) is 534 cm³/mol. The number of hydrogen-bond donors (Lipinski definition) is 0. The Balaban J connectivity index is 0.956. The summed E-state index contributed by atoms with van der Waals surface area (Å²) in [7, 11) is 0. The summed E-state index contributed by atoms with van der Waals surface area (Å²) in [5.74, 6) is 0. The van der Waals surface area contributed by atoms with Crippen LogP contribution in [0.2, 0.25) is 0 Å². The molecule has 21 aromatic rings. The smallest absolute Gasteiger partial charge is 0.252 e. The van der Waals surface area contributed by atoms with Gasteiger partial charge in [0.2, 0.25) is 0 Å². The Morgan fingerprint density at radius 2 is 0.512 bits per heavy atom. The zero-order chi connectivity index (χ0) is 95.3. The average Bonchev–Trinajstić information content (AvgIpc) is 1.58. The third-order valence-corrected chi connectivity index (χ3v) is 26.3. The molecule has 0 bridgehead atoms. The molecule has 0 atom stereocenters. The molecule has 0 unspecified atom stereocenters. The van der Waals surface area contributed by atoms with Crippen LogP contribution in [0.3, 0.4) is 0 Å². The first-order valence-electron chi connectivity index (χ1n) is 49.3. The van der Waals surface area contributed by atoms with E-state index < -0.39 is 71.9 Å². The van der Waals surface area contributed by atoms with Crippen molar-refractivity contribution in [1.82, 2.24) is 18.3 Å². The van der Waals surface area contributed by atoms with Crippen molar-refractivity contribution < 1.29 is 16.4 Å². The molecule has 0 saturated carbocycles. The fraction of sp³-hybridized carbons (Fsp3) is 0.136. The molecule has 0 spiro atoms. The maximum absolute atomic E-state index is 10.7. The first-order chi connectivity index (χ1) is 65.5. The minimum absolute atomic E-state index is 0.0339. The van der Waals surface area contributed by atoms with Crippen LogP contribution in [0.4, 0.5) is 34.1 Å². The second-order valence-electron chi connectivity index (χ2n) is 38.0. The molecule has 6 nitrogen and oxygen atoms in total. The molecule has 17 aromatic carbocycles. The molecule has 6 heterocycles. The zero-order valence-electron chi connectivity index (χ0n) is 84.1. The Bertz CT molecular complexity index is 8460. The van der Waals surface area contributed by atoms with Crippen LogP contribution >= 0.6 is 0 Å². The van der Waals surface area contributed by atoms with Gasteiger partial charge in [0.1, 0.15) is 0 Å². The van der Waals surface area contributed by atoms with E-state index in [9.17, 15) is 16.4 Å². The number of benzene rings is 17. The topological polar surface area (TPSA) is 26.2 Å². The molecule has 2 aliphatic heterocycles. The third kappa shape index (κ3) is 12.0. The van der Waals surface area contributed by atoms with Gasteiger partial charge in [-0.2, -0.15) is 0 Å². The van der Waals surface area contributed by atoms with Crippen LogP contribution in [-0.4, -0.2) is 25.0 Å². The lowest BCUT2D eigenvalue weighted by Gasteiger charge is -2.46. The van der Waals surface area contributed by atoms with Crippen LogP contribution in [-0.2, 0) is 21.7 Å². The van der Waals surface area contributed by atoms with E-state index in [-0.39, 0.29) is 56.3 Å². The highest BCUT2D eigenvalue weighted by atomic mass is 15.2. The maximum atomic E-state index is 10.7. The summed E-state index contributed by atoms with van der Waals surface area (Å²) in [6.07, 6.45) is 0. The van der Waals surface area contributed by atoms with Crippen molar-refractivity contribution >= 4 is 144 Å². The van der Waals surface area contributed by atoms with E-state index in [1.165, 1.54) is 11.1 Å². The molecule has 4 aromatic heterocycles. The molecule has 2 aliphatic rings. The van der Waals surface area contributed by atoms with E-state index in [2.05, 4.69) is 367 Å².